The Kier molecular flexibility index (Phi) is 229. The zero-order valence-corrected chi connectivity index (χ0v) is 8.86. The molecule has 0 aromatic carbocycles. The van der Waals surface area contributed by atoms with E-state index in [1.54, 1.807) is 4.75 Å². The molecule has 1 radical (unpaired) electrons. The Labute approximate surface area is 98.5 Å². The Balaban J connectivity index is -0.00000000333. The Morgan fingerprint density at radius 3 is 1.43 bits per heavy atom. The fourth-order valence-electron chi connectivity index (χ4n) is 0. The Morgan fingerprint density at radius 1 is 1.43 bits per heavy atom. The van der Waals surface area contributed by atoms with Gasteiger partial charge in [0, 0.05) is 0 Å². The van der Waals surface area contributed by atoms with Crippen LogP contribution in [0, 0.1) is 50.5 Å². The molecule has 0 unspecified atom stereocenters. The van der Waals surface area contributed by atoms with Crippen LogP contribution < -0.4 is 5.26 Å². The maximum atomic E-state index is 7.88. The van der Waals surface area contributed by atoms with Crippen molar-refractivity contribution in [1.29, 1.82) is 0 Å². The van der Waals surface area contributed by atoms with Crippen LogP contribution in [0.1, 0.15) is 0 Å². The normalized spacial score (nSPS) is 1.71. The molecule has 4 nitrogen and oxygen atoms in total. The van der Waals surface area contributed by atoms with Gasteiger partial charge in [-0.15, -0.1) is 0 Å². The molecule has 0 saturated heterocycles. The molecule has 0 aliphatic rings. The number of hydrogen-bond acceptors (Lipinski definition) is 2. The van der Waals surface area contributed by atoms with E-state index in [2.05, 4.69) is 0 Å². The third-order valence-corrected chi connectivity index (χ3v) is 0. The molecule has 0 fully saturated rings. The zero-order chi connectivity index (χ0) is 2.71. The van der Waals surface area contributed by atoms with Gasteiger partial charge >= 0.3 is 79.6 Å². The van der Waals surface area contributed by atoms with Crippen molar-refractivity contribution in [3.8, 4) is 0 Å². The summed E-state index contributed by atoms with van der Waals surface area (Å²) in [7, 11) is 0. The number of hydrogen-bond donors (Lipinski definition) is 0. The Bertz CT molecular complexity index is 19.2. The second-order valence-electron chi connectivity index (χ2n) is 0.0680. The van der Waals surface area contributed by atoms with Crippen LogP contribution >= 0.6 is 0 Å². The van der Waals surface area contributed by atoms with Gasteiger partial charge in [0.15, 0.2) is 4.75 Å². The summed E-state index contributed by atoms with van der Waals surface area (Å²) < 4.78 is 1.75. The summed E-state index contributed by atoms with van der Waals surface area (Å²) in [5, 5.41) is 7.88. The van der Waals surface area contributed by atoms with Crippen LogP contribution in [0.2, 0.25) is 0 Å². The molecule has 7 heavy (non-hydrogen) atoms. The van der Waals surface area contributed by atoms with Crippen molar-refractivity contribution in [2.45, 2.75) is 0 Å². The van der Waals surface area contributed by atoms with E-state index in [0.29, 0.717) is 0 Å². The van der Waals surface area contributed by atoms with E-state index in [4.69, 9.17) is 10.2 Å². The molecule has 0 amide bonds. The number of rotatable bonds is 0. The smallest absolute Gasteiger partial charge is 2.00 e. The minimum Gasteiger partial charge on any atom is -2.00 e. The maximum absolute atomic E-state index is 7.88. The minimum atomic E-state index is 0. The molecule has 0 rings (SSSR count). The van der Waals surface area contributed by atoms with Crippen molar-refractivity contribution in [3.63, 3.8) is 0 Å². The molecule has 0 N–H and O–H groups in total. The van der Waals surface area contributed by atoms with Gasteiger partial charge in [0.05, 0.1) is 0 Å². The largest absolute Gasteiger partial charge is 4.00 e. The fourth-order valence-corrected chi connectivity index (χ4v) is 0. The molecular weight excluding hydrogens is 312 g/mol. The van der Waals surface area contributed by atoms with Crippen molar-refractivity contribution in [2.24, 2.45) is 0 Å². The van der Waals surface area contributed by atoms with E-state index in [-0.39, 0.29) is 85.1 Å². The van der Waals surface area contributed by atoms with Gasteiger partial charge in [-0.25, -0.2) is 0 Å². The molecular formula is FeNdO4Ti+7. The summed E-state index contributed by atoms with van der Waals surface area (Å²) in [6.07, 6.45) is 0. The molecule has 0 aliphatic heterocycles. The molecule has 7 heteroatoms. The zero-order valence-electron chi connectivity index (χ0n) is 2.99. The molecule has 0 aromatic heterocycles. The first-order chi connectivity index (χ1) is 1.41. The summed E-state index contributed by atoms with van der Waals surface area (Å²) in [4.78, 5) is 7.88. The van der Waals surface area contributed by atoms with E-state index in [9.17, 15) is 0 Å². The van der Waals surface area contributed by atoms with Crippen molar-refractivity contribution >= 4 is 0 Å². The van der Waals surface area contributed by atoms with Gasteiger partial charge in [0.2, 0.25) is 0 Å². The van der Waals surface area contributed by atoms with Crippen molar-refractivity contribution in [1.82, 2.24) is 0 Å². The molecule has 0 atom stereocenters. The van der Waals surface area contributed by atoms with E-state index >= 15 is 0 Å². The van der Waals surface area contributed by atoms with Gasteiger partial charge < -0.3 is 5.48 Å². The first-order valence-corrected chi connectivity index (χ1v) is 0.333. The quantitative estimate of drug-likeness (QED) is 0.243. The minimum absolute atomic E-state index is 0. The Morgan fingerprint density at radius 2 is 1.43 bits per heavy atom. The van der Waals surface area contributed by atoms with E-state index in [1.165, 1.54) is 0 Å². The van der Waals surface area contributed by atoms with Crippen molar-refractivity contribution in [2.75, 3.05) is 0 Å². The molecule has 0 saturated carbocycles. The molecule has 0 bridgehead atoms. The SMILES string of the molecule is O=[O+][O-].[Fe+2].[Nd+3].[O-2].[Ti+4]. The van der Waals surface area contributed by atoms with E-state index in [1.807, 2.05) is 0 Å². The summed E-state index contributed by atoms with van der Waals surface area (Å²) in [6.45, 7) is 0. The predicted octanol–water partition coefficient (Wildman–Crippen LogP) is -1.25. The molecule has 0 spiro atoms. The van der Waals surface area contributed by atoms with Gasteiger partial charge in [0.1, 0.15) is 0 Å². The fraction of sp³-hybridized carbons (Fsp3) is 0. The summed E-state index contributed by atoms with van der Waals surface area (Å²) in [5.74, 6) is 0. The maximum Gasteiger partial charge on any atom is 4.00 e. The molecule has 0 aliphatic carbocycles. The van der Waals surface area contributed by atoms with E-state index < -0.39 is 0 Å². The van der Waals surface area contributed by atoms with Crippen LogP contribution in [0.4, 0.5) is 0 Å². The Hall–Kier alpha value is 1.94. The summed E-state index contributed by atoms with van der Waals surface area (Å²) >= 11 is 0. The van der Waals surface area contributed by atoms with E-state index in [0.717, 1.165) is 0 Å². The van der Waals surface area contributed by atoms with Crippen LogP contribution in [0.3, 0.4) is 0 Å². The third-order valence-electron chi connectivity index (χ3n) is 0. The van der Waals surface area contributed by atoms with Crippen LogP contribution in [0.15, 0.2) is 0 Å². The van der Waals surface area contributed by atoms with Crippen LogP contribution in [0.5, 0.6) is 0 Å². The van der Waals surface area contributed by atoms with Gasteiger partial charge in [0.25, 0.3) is 0 Å². The molecule has 33 valence electrons. The average Bonchev–Trinajstić information content (AvgIpc) is 0.918. The second-order valence-corrected chi connectivity index (χ2v) is 0.0680. The third kappa shape index (κ3) is 74.3. The monoisotopic (exact) mass is 310 g/mol. The first kappa shape index (κ1) is 36.3. The first-order valence-electron chi connectivity index (χ1n) is 0.333. The molecule has 0 heterocycles. The van der Waals surface area contributed by atoms with Crippen LogP contribution in [-0.2, 0) is 44.3 Å². The van der Waals surface area contributed by atoms with Gasteiger partial charge in [-0.05, 0) is 0 Å². The molecule has 0 aromatic rings. The average molecular weight is 312 g/mol. The van der Waals surface area contributed by atoms with Gasteiger partial charge in [-0.3, -0.25) is 0 Å². The van der Waals surface area contributed by atoms with Crippen LogP contribution in [-0.4, -0.2) is 0 Å². The van der Waals surface area contributed by atoms with Crippen LogP contribution in [0.25, 0.3) is 0 Å². The summed E-state index contributed by atoms with van der Waals surface area (Å²) in [5.41, 5.74) is 0. The van der Waals surface area contributed by atoms with Gasteiger partial charge in [-0.1, -0.05) is 10.2 Å². The standard InChI is InChI=1S/Fe.Nd.O3.O.Ti/c;;1-3-2;;/q+2;+3;;-2;+4. The topological polar surface area (TPSA) is 79.9 Å². The predicted molar refractivity (Wildman–Crippen MR) is 7.42 cm³/mol. The second kappa shape index (κ2) is 44.2. The van der Waals surface area contributed by atoms with Gasteiger partial charge in [-0.2, -0.15) is 0 Å². The van der Waals surface area contributed by atoms with Crippen molar-refractivity contribution < 1.29 is 90.4 Å². The summed E-state index contributed by atoms with van der Waals surface area (Å²) in [6, 6.07) is 0. The van der Waals surface area contributed by atoms with Crippen molar-refractivity contribution in [3.05, 3.63) is 9.71 Å².